The number of esters is 2. The van der Waals surface area contributed by atoms with Gasteiger partial charge >= 0.3 is 11.9 Å². The maximum absolute atomic E-state index is 13.4. The highest BCUT2D eigenvalue weighted by molar-refractivity contribution is 5.72. The van der Waals surface area contributed by atoms with Gasteiger partial charge in [-0.3, -0.25) is 9.59 Å². The molecule has 0 fully saturated rings. The summed E-state index contributed by atoms with van der Waals surface area (Å²) in [7, 11) is 0. The smallest absolute Gasteiger partial charge is 0.313 e. The minimum Gasteiger partial charge on any atom is -0.463 e. The van der Waals surface area contributed by atoms with Crippen LogP contribution >= 0.6 is 0 Å². The third kappa shape index (κ3) is 9.63. The van der Waals surface area contributed by atoms with Gasteiger partial charge in [0.05, 0.1) is 19.6 Å². The minimum atomic E-state index is -2.35. The van der Waals surface area contributed by atoms with Crippen molar-refractivity contribution in [2.75, 3.05) is 19.8 Å². The molecule has 0 heterocycles. The molecule has 0 N–H and O–H groups in total. The second-order valence-corrected chi connectivity index (χ2v) is 6.83. The molecule has 1 aromatic carbocycles. The first-order chi connectivity index (χ1) is 14.8. The van der Waals surface area contributed by atoms with E-state index in [-0.39, 0.29) is 25.8 Å². The quantitative estimate of drug-likeness (QED) is 0.0890. The zero-order chi connectivity index (χ0) is 23.2. The summed E-state index contributed by atoms with van der Waals surface area (Å²) in [5.74, 6) is -14.5. The van der Waals surface area contributed by atoms with Gasteiger partial charge in [-0.05, 0) is 6.42 Å². The van der Waals surface area contributed by atoms with Gasteiger partial charge in [0.15, 0.2) is 0 Å². The Hall–Kier alpha value is -2.23. The van der Waals surface area contributed by atoms with E-state index in [1.54, 1.807) is 0 Å². The maximum Gasteiger partial charge on any atom is 0.313 e. The predicted molar refractivity (Wildman–Crippen MR) is 101 cm³/mol. The number of unbranched alkanes of at least 4 members (excludes halogenated alkanes) is 6. The van der Waals surface area contributed by atoms with Crippen LogP contribution in [0.4, 0.5) is 22.0 Å². The summed E-state index contributed by atoms with van der Waals surface area (Å²) in [6.45, 7) is 1.82. The van der Waals surface area contributed by atoms with Gasteiger partial charge < -0.3 is 14.2 Å². The molecule has 1 rings (SSSR count). The fourth-order valence-corrected chi connectivity index (χ4v) is 2.61. The summed E-state index contributed by atoms with van der Waals surface area (Å²) in [5.41, 5.74) is 0. The molecule has 0 atom stereocenters. The maximum atomic E-state index is 13.4. The largest absolute Gasteiger partial charge is 0.463 e. The number of ether oxygens (including phenoxy) is 3. The summed E-state index contributed by atoms with van der Waals surface area (Å²) in [6, 6.07) is 0. The van der Waals surface area contributed by atoms with E-state index in [1.807, 2.05) is 0 Å². The van der Waals surface area contributed by atoms with Gasteiger partial charge in [-0.25, -0.2) is 13.2 Å². The standard InChI is InChI=1S/C21H27F5O5/c1-2-3-4-5-6-7-8-9-14(27)30-13-12-29-11-10-15(28)31-21-19(25)17(23)16(22)18(24)20(21)26/h2-13H2,1H3. The Morgan fingerprint density at radius 3 is 1.81 bits per heavy atom. The highest BCUT2D eigenvalue weighted by atomic mass is 19.2. The summed E-state index contributed by atoms with van der Waals surface area (Å²) < 4.78 is 80.1. The molecule has 0 aliphatic rings. The van der Waals surface area contributed by atoms with Gasteiger partial charge in [-0.2, -0.15) is 8.78 Å². The van der Waals surface area contributed by atoms with Crippen molar-refractivity contribution in [3.8, 4) is 5.75 Å². The molecule has 1 aromatic rings. The Morgan fingerprint density at radius 2 is 1.19 bits per heavy atom. The van der Waals surface area contributed by atoms with Crippen molar-refractivity contribution in [2.45, 2.75) is 64.7 Å². The number of hydrogen-bond acceptors (Lipinski definition) is 5. The average molecular weight is 454 g/mol. The predicted octanol–water partition coefficient (Wildman–Crippen LogP) is 5.38. The zero-order valence-electron chi connectivity index (χ0n) is 17.4. The summed E-state index contributed by atoms with van der Waals surface area (Å²) in [4.78, 5) is 23.1. The molecule has 0 aromatic heterocycles. The zero-order valence-corrected chi connectivity index (χ0v) is 17.4. The van der Waals surface area contributed by atoms with Gasteiger partial charge in [0.2, 0.25) is 34.8 Å². The molecule has 176 valence electrons. The van der Waals surface area contributed by atoms with Crippen molar-refractivity contribution in [3.63, 3.8) is 0 Å². The van der Waals surface area contributed by atoms with Crippen molar-refractivity contribution in [2.24, 2.45) is 0 Å². The van der Waals surface area contributed by atoms with Gasteiger partial charge in [-0.1, -0.05) is 45.4 Å². The second-order valence-electron chi connectivity index (χ2n) is 6.83. The first-order valence-electron chi connectivity index (χ1n) is 10.2. The van der Waals surface area contributed by atoms with E-state index in [0.717, 1.165) is 25.7 Å². The van der Waals surface area contributed by atoms with E-state index < -0.39 is 47.2 Å². The molecule has 0 amide bonds. The molecule has 0 spiro atoms. The van der Waals surface area contributed by atoms with Crippen molar-refractivity contribution in [3.05, 3.63) is 29.1 Å². The normalized spacial score (nSPS) is 10.9. The lowest BCUT2D eigenvalue weighted by Gasteiger charge is -2.09. The molecule has 0 radical (unpaired) electrons. The van der Waals surface area contributed by atoms with Crippen LogP contribution in [0.15, 0.2) is 0 Å². The number of hydrogen-bond donors (Lipinski definition) is 0. The van der Waals surface area contributed by atoms with Crippen LogP contribution in [0.5, 0.6) is 5.75 Å². The molecule has 0 unspecified atom stereocenters. The lowest BCUT2D eigenvalue weighted by Crippen LogP contribution is -2.16. The van der Waals surface area contributed by atoms with Crippen LogP contribution in [-0.2, 0) is 19.1 Å². The van der Waals surface area contributed by atoms with Crippen LogP contribution in [-0.4, -0.2) is 31.8 Å². The Balaban J connectivity index is 2.16. The van der Waals surface area contributed by atoms with Crippen molar-refractivity contribution in [1.29, 1.82) is 0 Å². The molecule has 0 saturated carbocycles. The summed E-state index contributed by atoms with van der Waals surface area (Å²) in [6.07, 6.45) is 7.34. The van der Waals surface area contributed by atoms with E-state index in [0.29, 0.717) is 6.42 Å². The lowest BCUT2D eigenvalue weighted by molar-refractivity contribution is -0.146. The molecule has 31 heavy (non-hydrogen) atoms. The van der Waals surface area contributed by atoms with Crippen molar-refractivity contribution >= 4 is 11.9 Å². The van der Waals surface area contributed by atoms with Gasteiger partial charge in [-0.15, -0.1) is 0 Å². The first-order valence-corrected chi connectivity index (χ1v) is 10.2. The fourth-order valence-electron chi connectivity index (χ4n) is 2.61. The van der Waals surface area contributed by atoms with E-state index in [1.165, 1.54) is 19.3 Å². The highest BCUT2D eigenvalue weighted by Gasteiger charge is 2.28. The average Bonchev–Trinajstić information content (AvgIpc) is 2.75. The number of rotatable bonds is 15. The SMILES string of the molecule is CCCCCCCCCC(=O)OCCOCCC(=O)Oc1c(F)c(F)c(F)c(F)c1F. The molecular formula is C21H27F5O5. The molecule has 0 aliphatic carbocycles. The molecule has 0 saturated heterocycles. The molecule has 10 heteroatoms. The van der Waals surface area contributed by atoms with E-state index in [2.05, 4.69) is 11.7 Å². The number of carbonyl (C=O) groups is 2. The monoisotopic (exact) mass is 454 g/mol. The van der Waals surface area contributed by atoms with E-state index in [4.69, 9.17) is 9.47 Å². The van der Waals surface area contributed by atoms with Crippen molar-refractivity contribution < 1.29 is 45.8 Å². The van der Waals surface area contributed by atoms with Crippen LogP contribution < -0.4 is 4.74 Å². The third-order valence-corrected chi connectivity index (χ3v) is 4.31. The van der Waals surface area contributed by atoms with Crippen molar-refractivity contribution in [1.82, 2.24) is 0 Å². The molecular weight excluding hydrogens is 427 g/mol. The fraction of sp³-hybridized carbons (Fsp3) is 0.619. The third-order valence-electron chi connectivity index (χ3n) is 4.31. The van der Waals surface area contributed by atoms with Crippen LogP contribution in [0.25, 0.3) is 0 Å². The Morgan fingerprint density at radius 1 is 0.645 bits per heavy atom. The number of benzene rings is 1. The first kappa shape index (κ1) is 26.8. The highest BCUT2D eigenvalue weighted by Crippen LogP contribution is 2.29. The van der Waals surface area contributed by atoms with Gasteiger partial charge in [0.25, 0.3) is 0 Å². The topological polar surface area (TPSA) is 61.8 Å². The van der Waals surface area contributed by atoms with Crippen LogP contribution in [0, 0.1) is 29.1 Å². The Labute approximate surface area is 177 Å². The summed E-state index contributed by atoms with van der Waals surface area (Å²) in [5, 5.41) is 0. The molecule has 0 bridgehead atoms. The number of halogens is 5. The van der Waals surface area contributed by atoms with E-state index >= 15 is 0 Å². The van der Waals surface area contributed by atoms with Crippen LogP contribution in [0.2, 0.25) is 0 Å². The molecule has 0 aliphatic heterocycles. The van der Waals surface area contributed by atoms with E-state index in [9.17, 15) is 31.5 Å². The Kier molecular flexibility index (Phi) is 12.7. The Bertz CT molecular complexity index is 698. The minimum absolute atomic E-state index is 0.0292. The molecule has 5 nitrogen and oxygen atoms in total. The lowest BCUT2D eigenvalue weighted by atomic mass is 10.1. The van der Waals surface area contributed by atoms with Gasteiger partial charge in [0, 0.05) is 6.42 Å². The summed E-state index contributed by atoms with van der Waals surface area (Å²) >= 11 is 0. The van der Waals surface area contributed by atoms with Gasteiger partial charge in [0.1, 0.15) is 6.61 Å². The van der Waals surface area contributed by atoms with Crippen LogP contribution in [0.3, 0.4) is 0 Å². The second kappa shape index (κ2) is 14.7. The van der Waals surface area contributed by atoms with Crippen LogP contribution in [0.1, 0.15) is 64.7 Å². The number of carbonyl (C=O) groups excluding carboxylic acids is 2.